The van der Waals surface area contributed by atoms with Gasteiger partial charge in [-0.25, -0.2) is 9.18 Å². The molecule has 1 heterocycles. The van der Waals surface area contributed by atoms with Gasteiger partial charge in [0.15, 0.2) is 0 Å². The van der Waals surface area contributed by atoms with Crippen LogP contribution in [-0.2, 0) is 15.9 Å². The van der Waals surface area contributed by atoms with Crippen molar-refractivity contribution in [3.05, 3.63) is 59.4 Å². The van der Waals surface area contributed by atoms with E-state index in [4.69, 9.17) is 9.47 Å². The highest BCUT2D eigenvalue weighted by molar-refractivity contribution is 5.69. The number of alkyl carbamates (subject to hydrolysis) is 1. The van der Waals surface area contributed by atoms with Gasteiger partial charge in [0.1, 0.15) is 18.5 Å². The molecule has 1 atom stereocenters. The summed E-state index contributed by atoms with van der Waals surface area (Å²) < 4.78 is 24.0. The number of rotatable bonds is 3. The third kappa shape index (κ3) is 3.35. The zero-order valence-electron chi connectivity index (χ0n) is 12.8. The van der Waals surface area contributed by atoms with Crippen LogP contribution in [-0.4, -0.2) is 26.4 Å². The molecular weight excluding hydrogens is 297 g/mol. The fourth-order valence-electron chi connectivity index (χ4n) is 2.84. The van der Waals surface area contributed by atoms with Gasteiger partial charge in [-0.15, -0.1) is 0 Å². The number of hydrogen-bond acceptors (Lipinski definition) is 3. The summed E-state index contributed by atoms with van der Waals surface area (Å²) in [6, 6.07) is 12.4. The molecule has 1 unspecified atom stereocenters. The predicted molar refractivity (Wildman–Crippen MR) is 84.6 cm³/mol. The van der Waals surface area contributed by atoms with Crippen molar-refractivity contribution in [3.63, 3.8) is 0 Å². The van der Waals surface area contributed by atoms with Gasteiger partial charge in [0.05, 0.1) is 6.61 Å². The quantitative estimate of drug-likeness (QED) is 0.943. The van der Waals surface area contributed by atoms with Gasteiger partial charge in [-0.3, -0.25) is 0 Å². The number of benzene rings is 2. The zero-order valence-corrected chi connectivity index (χ0v) is 12.8. The second-order valence-electron chi connectivity index (χ2n) is 5.34. The molecule has 0 bridgehead atoms. The van der Waals surface area contributed by atoms with Crippen molar-refractivity contribution in [2.24, 2.45) is 0 Å². The first kappa shape index (κ1) is 15.5. The predicted octanol–water partition coefficient (Wildman–Crippen LogP) is 3.46. The Bertz CT molecular complexity index is 700. The van der Waals surface area contributed by atoms with E-state index in [-0.39, 0.29) is 18.5 Å². The first-order chi connectivity index (χ1) is 11.2. The molecule has 5 heteroatoms. The van der Waals surface area contributed by atoms with Gasteiger partial charge >= 0.3 is 6.09 Å². The number of halogens is 1. The minimum atomic E-state index is -0.476. The molecular formula is C18H18FNO3. The summed E-state index contributed by atoms with van der Waals surface area (Å²) >= 11 is 0. The number of fused-ring (bicyclic) bond motifs is 1. The molecule has 1 aliphatic rings. The lowest BCUT2D eigenvalue weighted by Gasteiger charge is -2.27. The monoisotopic (exact) mass is 315 g/mol. The highest BCUT2D eigenvalue weighted by Gasteiger charge is 2.24. The summed E-state index contributed by atoms with van der Waals surface area (Å²) in [6.45, 7) is 0.729. The van der Waals surface area contributed by atoms with Crippen LogP contribution in [0.2, 0.25) is 0 Å². The fourth-order valence-corrected chi connectivity index (χ4v) is 2.84. The molecule has 0 spiro atoms. The second-order valence-corrected chi connectivity index (χ2v) is 5.34. The number of nitrogens with one attached hydrogen (secondary N) is 1. The first-order valence-corrected chi connectivity index (χ1v) is 7.53. The molecule has 0 saturated heterocycles. The molecule has 23 heavy (non-hydrogen) atoms. The van der Waals surface area contributed by atoms with Gasteiger partial charge < -0.3 is 14.8 Å². The third-order valence-electron chi connectivity index (χ3n) is 3.96. The van der Waals surface area contributed by atoms with Crippen LogP contribution in [0.15, 0.2) is 42.5 Å². The minimum absolute atomic E-state index is 0.166. The molecule has 1 aliphatic heterocycles. The van der Waals surface area contributed by atoms with Crippen LogP contribution < -0.4 is 5.32 Å². The Labute approximate surface area is 134 Å². The zero-order chi connectivity index (χ0) is 16.2. The van der Waals surface area contributed by atoms with Crippen molar-refractivity contribution < 1.29 is 18.7 Å². The molecule has 1 amide bonds. The van der Waals surface area contributed by atoms with Gasteiger partial charge in [-0.1, -0.05) is 30.3 Å². The maximum atomic E-state index is 13.1. The molecule has 0 aliphatic carbocycles. The van der Waals surface area contributed by atoms with E-state index < -0.39 is 6.09 Å². The Hall–Kier alpha value is -2.40. The summed E-state index contributed by atoms with van der Waals surface area (Å²) in [6.07, 6.45) is 0.0196. The number of ether oxygens (including phenoxy) is 2. The van der Waals surface area contributed by atoms with Crippen molar-refractivity contribution in [1.29, 1.82) is 0 Å². The van der Waals surface area contributed by atoms with Gasteiger partial charge in [0.25, 0.3) is 0 Å². The first-order valence-electron chi connectivity index (χ1n) is 7.53. The lowest BCUT2D eigenvalue weighted by molar-refractivity contribution is -0.00346. The van der Waals surface area contributed by atoms with Crippen LogP contribution in [0, 0.1) is 5.82 Å². The number of amides is 1. The summed E-state index contributed by atoms with van der Waals surface area (Å²) in [5, 5.41) is 2.42. The van der Waals surface area contributed by atoms with Crippen LogP contribution in [0.25, 0.3) is 11.1 Å². The van der Waals surface area contributed by atoms with Crippen molar-refractivity contribution in [2.45, 2.75) is 12.5 Å². The Morgan fingerprint density at radius 3 is 2.83 bits per heavy atom. The van der Waals surface area contributed by atoms with Crippen molar-refractivity contribution >= 4 is 6.09 Å². The molecule has 120 valence electrons. The van der Waals surface area contributed by atoms with Gasteiger partial charge in [-0.05, 0) is 40.8 Å². The fraction of sp³-hybridized carbons (Fsp3) is 0.278. The van der Waals surface area contributed by atoms with Crippen LogP contribution >= 0.6 is 0 Å². The Morgan fingerprint density at radius 2 is 2.09 bits per heavy atom. The Balaban J connectivity index is 1.90. The summed E-state index contributed by atoms with van der Waals surface area (Å²) in [4.78, 5) is 11.3. The molecule has 1 N–H and O–H groups in total. The van der Waals surface area contributed by atoms with Gasteiger partial charge in [-0.2, -0.15) is 0 Å². The van der Waals surface area contributed by atoms with Crippen LogP contribution in [0.3, 0.4) is 0 Å². The van der Waals surface area contributed by atoms with E-state index in [1.807, 2.05) is 18.2 Å². The Morgan fingerprint density at radius 1 is 1.30 bits per heavy atom. The van der Waals surface area contributed by atoms with Crippen molar-refractivity contribution in [3.8, 4) is 11.1 Å². The SMILES string of the molecule is CNC(=O)OCC1OCCc2c(-c3ccc(F)cc3)cccc21. The number of hydrogen-bond donors (Lipinski definition) is 1. The van der Waals surface area contributed by atoms with Crippen molar-refractivity contribution in [1.82, 2.24) is 5.32 Å². The van der Waals surface area contributed by atoms with Crippen molar-refractivity contribution in [2.75, 3.05) is 20.3 Å². The maximum Gasteiger partial charge on any atom is 0.406 e. The van der Waals surface area contributed by atoms with Gasteiger partial charge in [0.2, 0.25) is 0 Å². The largest absolute Gasteiger partial charge is 0.446 e. The molecule has 4 nitrogen and oxygen atoms in total. The molecule has 0 fully saturated rings. The third-order valence-corrected chi connectivity index (χ3v) is 3.96. The molecule has 3 rings (SSSR count). The average Bonchev–Trinajstić information content (AvgIpc) is 2.59. The molecule has 0 saturated carbocycles. The normalized spacial score (nSPS) is 16.5. The lowest BCUT2D eigenvalue weighted by atomic mass is 9.90. The summed E-state index contributed by atoms with van der Waals surface area (Å²) in [5.41, 5.74) is 4.21. The summed E-state index contributed by atoms with van der Waals surface area (Å²) in [5.74, 6) is -0.251. The smallest absolute Gasteiger partial charge is 0.406 e. The minimum Gasteiger partial charge on any atom is -0.446 e. The topological polar surface area (TPSA) is 47.6 Å². The average molecular weight is 315 g/mol. The highest BCUT2D eigenvalue weighted by atomic mass is 19.1. The van der Waals surface area contributed by atoms with Gasteiger partial charge in [0, 0.05) is 7.05 Å². The highest BCUT2D eigenvalue weighted by Crippen LogP contribution is 2.34. The van der Waals surface area contributed by atoms with E-state index in [1.54, 1.807) is 12.1 Å². The maximum absolute atomic E-state index is 13.1. The lowest BCUT2D eigenvalue weighted by Crippen LogP contribution is -2.26. The van der Waals surface area contributed by atoms with Crippen LogP contribution in [0.5, 0.6) is 0 Å². The van der Waals surface area contributed by atoms with E-state index >= 15 is 0 Å². The molecule has 0 radical (unpaired) electrons. The van der Waals surface area contributed by atoms with Crippen LogP contribution in [0.1, 0.15) is 17.2 Å². The number of carbonyl (C=O) groups is 1. The van der Waals surface area contributed by atoms with Crippen LogP contribution in [0.4, 0.5) is 9.18 Å². The van der Waals surface area contributed by atoms with E-state index in [2.05, 4.69) is 5.32 Å². The molecule has 2 aromatic carbocycles. The van der Waals surface area contributed by atoms with E-state index in [0.29, 0.717) is 6.61 Å². The Kier molecular flexibility index (Phi) is 4.57. The van der Waals surface area contributed by atoms with E-state index in [1.165, 1.54) is 19.2 Å². The molecule has 2 aromatic rings. The number of carbonyl (C=O) groups excluding carboxylic acids is 1. The van der Waals surface area contributed by atoms with E-state index in [0.717, 1.165) is 28.7 Å². The second kappa shape index (κ2) is 6.79. The molecule has 0 aromatic heterocycles. The standard InChI is InChI=1S/C18H18FNO3/c1-20-18(21)23-11-17-16-4-2-3-14(15(16)9-10-22-17)12-5-7-13(19)8-6-12/h2-8,17H,9-11H2,1H3,(H,20,21). The summed E-state index contributed by atoms with van der Waals surface area (Å²) in [7, 11) is 1.52. The van der Waals surface area contributed by atoms with E-state index in [9.17, 15) is 9.18 Å².